The summed E-state index contributed by atoms with van der Waals surface area (Å²) in [5.74, 6) is -0.166. The maximum absolute atomic E-state index is 13.5. The molecule has 1 aromatic carbocycles. The van der Waals surface area contributed by atoms with E-state index in [0.29, 0.717) is 12.1 Å². The molecule has 3 nitrogen and oxygen atoms in total. The molecule has 0 aromatic heterocycles. The lowest BCUT2D eigenvalue weighted by molar-refractivity contribution is 0.104. The van der Waals surface area contributed by atoms with Gasteiger partial charge in [-0.1, -0.05) is 19.1 Å². The summed E-state index contributed by atoms with van der Waals surface area (Å²) in [6.07, 6.45) is 0.390. The van der Waals surface area contributed by atoms with Gasteiger partial charge in [-0.3, -0.25) is 0 Å². The lowest BCUT2D eigenvalue weighted by Gasteiger charge is -2.13. The molecule has 1 unspecified atom stereocenters. The third-order valence-electron chi connectivity index (χ3n) is 2.39. The molecule has 1 atom stereocenters. The number of ether oxygens (including phenoxy) is 1. The topological polar surface area (TPSA) is 41.5 Å². The Morgan fingerprint density at radius 2 is 2.24 bits per heavy atom. The maximum Gasteiger partial charge on any atom is 0.167 e. The highest BCUT2D eigenvalue weighted by molar-refractivity contribution is 5.30. The number of benzene rings is 1. The van der Waals surface area contributed by atoms with Crippen molar-refractivity contribution >= 4 is 0 Å². The summed E-state index contributed by atoms with van der Waals surface area (Å²) in [5.41, 5.74) is 0.543. The van der Waals surface area contributed by atoms with Crippen LogP contribution in [-0.4, -0.2) is 30.9 Å². The fourth-order valence-corrected chi connectivity index (χ4v) is 1.42. The molecule has 0 aliphatic carbocycles. The molecule has 0 aliphatic rings. The summed E-state index contributed by atoms with van der Waals surface area (Å²) >= 11 is 0. The number of aliphatic hydroxyl groups is 1. The Morgan fingerprint density at radius 3 is 2.94 bits per heavy atom. The van der Waals surface area contributed by atoms with Crippen LogP contribution in [0.5, 0.6) is 5.75 Å². The summed E-state index contributed by atoms with van der Waals surface area (Å²) < 4.78 is 18.8. The molecule has 96 valence electrons. The molecule has 0 radical (unpaired) electrons. The molecule has 0 saturated heterocycles. The zero-order chi connectivity index (χ0) is 12.7. The van der Waals surface area contributed by atoms with Crippen LogP contribution in [0.2, 0.25) is 0 Å². The van der Waals surface area contributed by atoms with E-state index < -0.39 is 6.10 Å². The lowest BCUT2D eigenvalue weighted by Crippen LogP contribution is -2.31. The van der Waals surface area contributed by atoms with Gasteiger partial charge < -0.3 is 15.2 Å². The Hall–Kier alpha value is -1.13. The van der Waals surface area contributed by atoms with Crippen molar-refractivity contribution in [3.8, 4) is 5.75 Å². The minimum absolute atomic E-state index is 0.0943. The van der Waals surface area contributed by atoms with E-state index in [-0.39, 0.29) is 18.2 Å². The Bertz CT molecular complexity index is 344. The summed E-state index contributed by atoms with van der Waals surface area (Å²) in [6, 6.07) is 4.98. The van der Waals surface area contributed by atoms with Crippen LogP contribution >= 0.6 is 0 Å². The quantitative estimate of drug-likeness (QED) is 0.716. The van der Waals surface area contributed by atoms with Crippen LogP contribution in [0.3, 0.4) is 0 Å². The fraction of sp³-hybridized carbons (Fsp3) is 0.538. The Kier molecular flexibility index (Phi) is 5.94. The monoisotopic (exact) mass is 241 g/mol. The van der Waals surface area contributed by atoms with Gasteiger partial charge in [0.2, 0.25) is 0 Å². The number of aryl methyl sites for hydroxylation is 1. The molecule has 4 heteroatoms. The van der Waals surface area contributed by atoms with Crippen molar-refractivity contribution in [2.75, 3.05) is 19.7 Å². The molecule has 0 bridgehead atoms. The van der Waals surface area contributed by atoms with Crippen molar-refractivity contribution in [2.24, 2.45) is 0 Å². The molecule has 1 rings (SSSR count). The van der Waals surface area contributed by atoms with Crippen LogP contribution in [0.15, 0.2) is 18.2 Å². The summed E-state index contributed by atoms with van der Waals surface area (Å²) in [5, 5.41) is 12.7. The number of halogens is 1. The first-order chi connectivity index (χ1) is 8.15. The van der Waals surface area contributed by atoms with Crippen molar-refractivity contribution in [1.82, 2.24) is 5.32 Å². The first kappa shape index (κ1) is 13.9. The molecule has 0 spiro atoms. The summed E-state index contributed by atoms with van der Waals surface area (Å²) in [4.78, 5) is 0. The molecule has 17 heavy (non-hydrogen) atoms. The van der Waals surface area contributed by atoms with Crippen LogP contribution in [0, 0.1) is 12.7 Å². The van der Waals surface area contributed by atoms with Crippen molar-refractivity contribution in [1.29, 1.82) is 0 Å². The molecule has 2 N–H and O–H groups in total. The number of hydrogen-bond donors (Lipinski definition) is 2. The first-order valence-electron chi connectivity index (χ1n) is 5.91. The zero-order valence-electron chi connectivity index (χ0n) is 10.4. The van der Waals surface area contributed by atoms with Gasteiger partial charge in [-0.2, -0.15) is 0 Å². The van der Waals surface area contributed by atoms with Crippen molar-refractivity contribution < 1.29 is 14.2 Å². The SMILES string of the molecule is CCCNCC(O)COc1cccc(C)c1F. The number of aliphatic hydroxyl groups excluding tert-OH is 1. The van der Waals surface area contributed by atoms with Crippen LogP contribution in [0.4, 0.5) is 4.39 Å². The number of rotatable bonds is 7. The van der Waals surface area contributed by atoms with Gasteiger partial charge in [-0.15, -0.1) is 0 Å². The van der Waals surface area contributed by atoms with E-state index in [4.69, 9.17) is 4.74 Å². The van der Waals surface area contributed by atoms with Gasteiger partial charge in [0.15, 0.2) is 11.6 Å². The van der Waals surface area contributed by atoms with Crippen molar-refractivity contribution in [2.45, 2.75) is 26.4 Å². The van der Waals surface area contributed by atoms with Gasteiger partial charge in [0.05, 0.1) is 0 Å². The highest BCUT2D eigenvalue weighted by Gasteiger charge is 2.09. The molecule has 0 heterocycles. The molecule has 1 aromatic rings. The third kappa shape index (κ3) is 4.71. The predicted octanol–water partition coefficient (Wildman–Crippen LogP) is 1.87. The van der Waals surface area contributed by atoms with E-state index in [1.807, 2.05) is 0 Å². The highest BCUT2D eigenvalue weighted by atomic mass is 19.1. The maximum atomic E-state index is 13.5. The predicted molar refractivity (Wildman–Crippen MR) is 65.8 cm³/mol. The average molecular weight is 241 g/mol. The zero-order valence-corrected chi connectivity index (χ0v) is 10.4. The van der Waals surface area contributed by atoms with Crippen LogP contribution in [-0.2, 0) is 0 Å². The molecule has 0 aliphatic heterocycles. The Balaban J connectivity index is 2.37. The molecule has 0 amide bonds. The molecular weight excluding hydrogens is 221 g/mol. The van der Waals surface area contributed by atoms with Crippen molar-refractivity contribution in [3.63, 3.8) is 0 Å². The standard InChI is InChI=1S/C13H20FNO2/c1-3-7-15-8-11(16)9-17-12-6-4-5-10(2)13(12)14/h4-6,11,15-16H,3,7-9H2,1-2H3. The van der Waals surface area contributed by atoms with E-state index >= 15 is 0 Å². The van der Waals surface area contributed by atoms with E-state index in [9.17, 15) is 9.50 Å². The lowest BCUT2D eigenvalue weighted by atomic mass is 10.2. The van der Waals surface area contributed by atoms with E-state index in [1.54, 1.807) is 25.1 Å². The third-order valence-corrected chi connectivity index (χ3v) is 2.39. The van der Waals surface area contributed by atoms with E-state index in [0.717, 1.165) is 13.0 Å². The fourth-order valence-electron chi connectivity index (χ4n) is 1.42. The minimum Gasteiger partial charge on any atom is -0.488 e. The second-order valence-corrected chi connectivity index (χ2v) is 4.06. The number of hydrogen-bond acceptors (Lipinski definition) is 3. The normalized spacial score (nSPS) is 12.5. The first-order valence-corrected chi connectivity index (χ1v) is 5.91. The van der Waals surface area contributed by atoms with Gasteiger partial charge >= 0.3 is 0 Å². The minimum atomic E-state index is -0.624. The van der Waals surface area contributed by atoms with Gasteiger partial charge in [-0.25, -0.2) is 4.39 Å². The van der Waals surface area contributed by atoms with E-state index in [2.05, 4.69) is 12.2 Å². The molecule has 0 fully saturated rings. The molecule has 0 saturated carbocycles. The second kappa shape index (κ2) is 7.25. The summed E-state index contributed by atoms with van der Waals surface area (Å²) in [6.45, 7) is 5.15. The highest BCUT2D eigenvalue weighted by Crippen LogP contribution is 2.19. The van der Waals surface area contributed by atoms with E-state index in [1.165, 1.54) is 0 Å². The second-order valence-electron chi connectivity index (χ2n) is 4.06. The Morgan fingerprint density at radius 1 is 1.47 bits per heavy atom. The Labute approximate surface area is 102 Å². The van der Waals surface area contributed by atoms with Gasteiger partial charge in [-0.05, 0) is 31.5 Å². The summed E-state index contributed by atoms with van der Waals surface area (Å²) in [7, 11) is 0. The van der Waals surface area contributed by atoms with Gasteiger partial charge in [0.25, 0.3) is 0 Å². The van der Waals surface area contributed by atoms with Crippen LogP contribution < -0.4 is 10.1 Å². The molecular formula is C13H20FNO2. The van der Waals surface area contributed by atoms with Crippen LogP contribution in [0.25, 0.3) is 0 Å². The smallest absolute Gasteiger partial charge is 0.167 e. The average Bonchev–Trinajstić information content (AvgIpc) is 2.31. The van der Waals surface area contributed by atoms with Crippen molar-refractivity contribution in [3.05, 3.63) is 29.6 Å². The number of nitrogens with one attached hydrogen (secondary N) is 1. The largest absolute Gasteiger partial charge is 0.488 e. The van der Waals surface area contributed by atoms with Crippen LogP contribution in [0.1, 0.15) is 18.9 Å². The van der Waals surface area contributed by atoms with Gasteiger partial charge in [0.1, 0.15) is 12.7 Å². The van der Waals surface area contributed by atoms with Gasteiger partial charge in [0, 0.05) is 6.54 Å².